The molecule has 31 heavy (non-hydrogen) atoms. The molecule has 0 spiro atoms. The minimum Gasteiger partial charge on any atom is -0.369 e. The molecule has 3 N–H and O–H groups in total. The summed E-state index contributed by atoms with van der Waals surface area (Å²) in [6.45, 7) is 3.60. The number of hydrogen-bond donors (Lipinski definition) is 2. The van der Waals surface area contributed by atoms with Gasteiger partial charge in [0.15, 0.2) is 15.6 Å². The predicted octanol–water partition coefficient (Wildman–Crippen LogP) is 1.46. The van der Waals surface area contributed by atoms with E-state index in [-0.39, 0.29) is 24.0 Å². The molecule has 0 radical (unpaired) electrons. The number of sulfone groups is 1. The van der Waals surface area contributed by atoms with E-state index in [9.17, 15) is 13.2 Å². The fourth-order valence-corrected chi connectivity index (χ4v) is 5.53. The third-order valence-electron chi connectivity index (χ3n) is 5.53. The van der Waals surface area contributed by atoms with Crippen LogP contribution in [0.1, 0.15) is 24.2 Å². The molecule has 0 saturated carbocycles. The van der Waals surface area contributed by atoms with Gasteiger partial charge in [-0.15, -0.1) is 0 Å². The molecule has 9 heteroatoms. The lowest BCUT2D eigenvalue weighted by Crippen LogP contribution is -2.54. The zero-order chi connectivity index (χ0) is 22.3. The van der Waals surface area contributed by atoms with Crippen LogP contribution in [0, 0.1) is 0 Å². The SMILES string of the molecule is CC1(C)O[C@@H]2[C@H](C(N)S(=O)(=O)c3ccccc3)OC[C@]2(CNC(=O)c2ccccc2)O1. The van der Waals surface area contributed by atoms with Crippen molar-refractivity contribution in [2.75, 3.05) is 13.2 Å². The van der Waals surface area contributed by atoms with Crippen molar-refractivity contribution in [1.82, 2.24) is 5.32 Å². The van der Waals surface area contributed by atoms with Crippen LogP contribution in [-0.4, -0.2) is 56.4 Å². The maximum Gasteiger partial charge on any atom is 0.251 e. The summed E-state index contributed by atoms with van der Waals surface area (Å²) >= 11 is 0. The number of nitrogens with two attached hydrogens (primary N) is 1. The largest absolute Gasteiger partial charge is 0.369 e. The van der Waals surface area contributed by atoms with E-state index in [2.05, 4.69) is 5.32 Å². The van der Waals surface area contributed by atoms with Gasteiger partial charge in [-0.1, -0.05) is 36.4 Å². The van der Waals surface area contributed by atoms with Crippen LogP contribution in [0.2, 0.25) is 0 Å². The van der Waals surface area contributed by atoms with Crippen LogP contribution in [0.25, 0.3) is 0 Å². The predicted molar refractivity (Wildman–Crippen MR) is 113 cm³/mol. The van der Waals surface area contributed by atoms with Crippen LogP contribution >= 0.6 is 0 Å². The highest BCUT2D eigenvalue weighted by atomic mass is 32.2. The molecule has 2 aromatic rings. The highest BCUT2D eigenvalue weighted by Crippen LogP contribution is 2.44. The molecule has 2 aliphatic rings. The number of fused-ring (bicyclic) bond motifs is 1. The average Bonchev–Trinajstić information content (AvgIpc) is 3.22. The lowest BCUT2D eigenvalue weighted by atomic mass is 9.96. The van der Waals surface area contributed by atoms with Gasteiger partial charge in [-0.25, -0.2) is 8.42 Å². The van der Waals surface area contributed by atoms with E-state index in [1.807, 2.05) is 6.07 Å². The van der Waals surface area contributed by atoms with E-state index < -0.39 is 38.8 Å². The third kappa shape index (κ3) is 4.11. The number of rotatable bonds is 6. The number of ether oxygens (including phenoxy) is 3. The van der Waals surface area contributed by atoms with Crippen LogP contribution in [0.5, 0.6) is 0 Å². The summed E-state index contributed by atoms with van der Waals surface area (Å²) in [4.78, 5) is 12.6. The van der Waals surface area contributed by atoms with Gasteiger partial charge in [-0.3, -0.25) is 4.79 Å². The number of carbonyl (C=O) groups excluding carboxylic acids is 1. The van der Waals surface area contributed by atoms with Gasteiger partial charge in [0.05, 0.1) is 18.0 Å². The summed E-state index contributed by atoms with van der Waals surface area (Å²) in [5.74, 6) is -1.26. The molecule has 1 unspecified atom stereocenters. The van der Waals surface area contributed by atoms with Gasteiger partial charge in [0.2, 0.25) is 0 Å². The van der Waals surface area contributed by atoms with E-state index in [4.69, 9.17) is 19.9 Å². The molecule has 4 rings (SSSR count). The Balaban J connectivity index is 1.56. The maximum atomic E-state index is 13.1. The highest BCUT2D eigenvalue weighted by Gasteiger charge is 2.63. The molecule has 2 heterocycles. The fourth-order valence-electron chi connectivity index (χ4n) is 4.11. The zero-order valence-corrected chi connectivity index (χ0v) is 18.2. The number of carbonyl (C=O) groups is 1. The second-order valence-corrected chi connectivity index (χ2v) is 10.4. The number of nitrogens with one attached hydrogen (secondary N) is 1. The average molecular weight is 447 g/mol. The van der Waals surface area contributed by atoms with Crippen molar-refractivity contribution < 1.29 is 27.4 Å². The summed E-state index contributed by atoms with van der Waals surface area (Å²) in [5.41, 5.74) is 5.66. The smallest absolute Gasteiger partial charge is 0.251 e. The Hall–Kier alpha value is -2.30. The van der Waals surface area contributed by atoms with Crippen LogP contribution < -0.4 is 11.1 Å². The maximum absolute atomic E-state index is 13.1. The Morgan fingerprint density at radius 1 is 1.13 bits per heavy atom. The third-order valence-corrected chi connectivity index (χ3v) is 7.45. The summed E-state index contributed by atoms with van der Waals surface area (Å²) in [7, 11) is -3.87. The van der Waals surface area contributed by atoms with Gasteiger partial charge in [0.1, 0.15) is 23.2 Å². The molecule has 0 aliphatic carbocycles. The van der Waals surface area contributed by atoms with Crippen molar-refractivity contribution in [3.8, 4) is 0 Å². The van der Waals surface area contributed by atoms with E-state index >= 15 is 0 Å². The van der Waals surface area contributed by atoms with E-state index in [0.717, 1.165) is 0 Å². The Kier molecular flexibility index (Phi) is 5.65. The molecule has 1 amide bonds. The molecule has 2 saturated heterocycles. The monoisotopic (exact) mass is 446 g/mol. The normalized spacial score (nSPS) is 28.1. The van der Waals surface area contributed by atoms with E-state index in [1.165, 1.54) is 12.1 Å². The Morgan fingerprint density at radius 2 is 1.74 bits per heavy atom. The minimum absolute atomic E-state index is 0.0405. The Morgan fingerprint density at radius 3 is 2.39 bits per heavy atom. The van der Waals surface area contributed by atoms with Crippen LogP contribution in [0.4, 0.5) is 0 Å². The lowest BCUT2D eigenvalue weighted by molar-refractivity contribution is -0.189. The van der Waals surface area contributed by atoms with Crippen molar-refractivity contribution in [3.05, 3.63) is 66.2 Å². The standard InChI is InChI=1S/C22H26N2O6S/c1-21(2)29-18-17(19(23)31(26,27)16-11-7-4-8-12-16)28-14-22(18,30-21)13-24-20(25)15-9-5-3-6-10-15/h3-12,17-19H,13-14,23H2,1-2H3,(H,24,25)/t17-,18-,19?,22+/m1/s1. The summed E-state index contributed by atoms with van der Waals surface area (Å²) < 4.78 is 44.1. The highest BCUT2D eigenvalue weighted by molar-refractivity contribution is 7.92. The molecule has 0 bridgehead atoms. The molecule has 2 fully saturated rings. The number of hydrogen-bond acceptors (Lipinski definition) is 7. The number of amides is 1. The molecule has 0 aromatic heterocycles. The van der Waals surface area contributed by atoms with E-state index in [1.54, 1.807) is 56.3 Å². The lowest BCUT2D eigenvalue weighted by Gasteiger charge is -2.28. The molecule has 2 aliphatic heterocycles. The van der Waals surface area contributed by atoms with Gasteiger partial charge < -0.3 is 25.3 Å². The topological polar surface area (TPSA) is 117 Å². The summed E-state index contributed by atoms with van der Waals surface area (Å²) in [6, 6.07) is 16.8. The first-order valence-corrected chi connectivity index (χ1v) is 11.6. The second-order valence-electron chi connectivity index (χ2n) is 8.25. The quantitative estimate of drug-likeness (QED) is 0.690. The van der Waals surface area contributed by atoms with Crippen LogP contribution in [0.3, 0.4) is 0 Å². The molecule has 8 nitrogen and oxygen atoms in total. The fraction of sp³-hybridized carbons (Fsp3) is 0.409. The van der Waals surface area contributed by atoms with Gasteiger partial charge >= 0.3 is 0 Å². The van der Waals surface area contributed by atoms with Crippen molar-refractivity contribution in [2.45, 2.75) is 47.7 Å². The van der Waals surface area contributed by atoms with Crippen molar-refractivity contribution >= 4 is 15.7 Å². The van der Waals surface area contributed by atoms with E-state index in [0.29, 0.717) is 5.56 Å². The first-order chi connectivity index (χ1) is 14.6. The van der Waals surface area contributed by atoms with Gasteiger partial charge in [-0.05, 0) is 38.1 Å². The number of benzene rings is 2. The molecule has 2 aromatic carbocycles. The second kappa shape index (κ2) is 7.99. The van der Waals surface area contributed by atoms with Gasteiger partial charge in [0, 0.05) is 5.56 Å². The first kappa shape index (κ1) is 21.9. The zero-order valence-electron chi connectivity index (χ0n) is 17.4. The Bertz CT molecular complexity index is 1040. The Labute approximate surface area is 181 Å². The molecule has 4 atom stereocenters. The van der Waals surface area contributed by atoms with Crippen molar-refractivity contribution in [3.63, 3.8) is 0 Å². The van der Waals surface area contributed by atoms with Gasteiger partial charge in [0.25, 0.3) is 5.91 Å². The molecular weight excluding hydrogens is 420 g/mol. The van der Waals surface area contributed by atoms with Crippen LogP contribution in [0.15, 0.2) is 65.6 Å². The summed E-state index contributed by atoms with van der Waals surface area (Å²) in [5, 5.41) is 1.50. The van der Waals surface area contributed by atoms with Gasteiger partial charge in [-0.2, -0.15) is 0 Å². The minimum atomic E-state index is -3.87. The molecule has 166 valence electrons. The van der Waals surface area contributed by atoms with Crippen LogP contribution in [-0.2, 0) is 24.0 Å². The summed E-state index contributed by atoms with van der Waals surface area (Å²) in [6.07, 6.45) is -1.73. The van der Waals surface area contributed by atoms with Crippen molar-refractivity contribution in [2.24, 2.45) is 5.73 Å². The van der Waals surface area contributed by atoms with Crippen molar-refractivity contribution in [1.29, 1.82) is 0 Å². The first-order valence-electron chi connectivity index (χ1n) is 10.0. The molecular formula is C22H26N2O6S.